The van der Waals surface area contributed by atoms with E-state index in [0.29, 0.717) is 4.90 Å². The molecule has 36 heavy (non-hydrogen) atoms. The fraction of sp³-hybridized carbons (Fsp3) is 0.222. The van der Waals surface area contributed by atoms with Gasteiger partial charge < -0.3 is 21.1 Å². The number of nitrogens with two attached hydrogens (primary N) is 1. The van der Waals surface area contributed by atoms with Crippen LogP contribution in [0.2, 0.25) is 0 Å². The molecule has 0 saturated heterocycles. The molecule has 0 aliphatic heterocycles. The Morgan fingerprint density at radius 3 is 1.92 bits per heavy atom. The van der Waals surface area contributed by atoms with E-state index in [1.807, 2.05) is 66.7 Å². The zero-order chi connectivity index (χ0) is 25.8. The number of rotatable bonds is 12. The lowest BCUT2D eigenvalue weighted by Crippen LogP contribution is -2.54. The van der Waals surface area contributed by atoms with Crippen LogP contribution >= 0.6 is 0 Å². The topological polar surface area (TPSA) is 128 Å². The zero-order valence-electron chi connectivity index (χ0n) is 19.7. The van der Waals surface area contributed by atoms with Gasteiger partial charge in [-0.2, -0.15) is 0 Å². The second-order valence-corrected chi connectivity index (χ2v) is 9.63. The maximum absolute atomic E-state index is 13.1. The first kappa shape index (κ1) is 26.6. The third kappa shape index (κ3) is 8.66. The lowest BCUT2D eigenvalue weighted by molar-refractivity contribution is -0.128. The minimum Gasteiger partial charge on any atom is -0.445 e. The average Bonchev–Trinajstić information content (AvgIpc) is 2.90. The summed E-state index contributed by atoms with van der Waals surface area (Å²) in [5, 5.41) is 5.19. The summed E-state index contributed by atoms with van der Waals surface area (Å²) in [4.78, 5) is 38.3. The largest absolute Gasteiger partial charge is 0.445 e. The van der Waals surface area contributed by atoms with Crippen molar-refractivity contribution < 1.29 is 23.3 Å². The molecule has 0 aromatic heterocycles. The van der Waals surface area contributed by atoms with Crippen LogP contribution < -0.4 is 16.4 Å². The Morgan fingerprint density at radius 1 is 0.778 bits per heavy atom. The Kier molecular flexibility index (Phi) is 10.2. The minimum atomic E-state index is -1.36. The van der Waals surface area contributed by atoms with Gasteiger partial charge in [-0.3, -0.25) is 13.8 Å². The molecular formula is C27H29N3O5S. The third-order valence-electron chi connectivity index (χ3n) is 5.36. The summed E-state index contributed by atoms with van der Waals surface area (Å²) in [5.41, 5.74) is 7.12. The lowest BCUT2D eigenvalue weighted by Gasteiger charge is -2.22. The van der Waals surface area contributed by atoms with Crippen molar-refractivity contribution in [2.45, 2.75) is 36.4 Å². The maximum Gasteiger partial charge on any atom is 0.408 e. The summed E-state index contributed by atoms with van der Waals surface area (Å²) >= 11 is 0. The van der Waals surface area contributed by atoms with Crippen LogP contribution in [0.4, 0.5) is 4.79 Å². The second kappa shape index (κ2) is 13.8. The lowest BCUT2D eigenvalue weighted by atomic mass is 10.0. The van der Waals surface area contributed by atoms with Gasteiger partial charge in [0.1, 0.15) is 18.7 Å². The third-order valence-corrected chi connectivity index (χ3v) is 6.77. The molecule has 9 heteroatoms. The number of primary amides is 1. The molecule has 0 heterocycles. The van der Waals surface area contributed by atoms with E-state index in [2.05, 4.69) is 10.6 Å². The number of carbonyl (C=O) groups is 3. The summed E-state index contributed by atoms with van der Waals surface area (Å²) in [6.45, 7) is 0.0432. The summed E-state index contributed by atoms with van der Waals surface area (Å²) in [6, 6.07) is 25.1. The van der Waals surface area contributed by atoms with Gasteiger partial charge in [-0.25, -0.2) is 4.79 Å². The van der Waals surface area contributed by atoms with Crippen LogP contribution in [-0.2, 0) is 38.2 Å². The standard InChI is InChI=1S/C27H29N3O5S/c28-25(31)23(16-17-36(34)22-14-8-3-9-15-22)29-26(32)24(18-20-10-4-1-5-11-20)30-27(33)35-19-21-12-6-2-7-13-21/h1-15,23-24H,16-19H2,(H2,28,31)(H,29,32)(H,30,33)/t23-,24+,36+/m1/s1. The van der Waals surface area contributed by atoms with Crippen molar-refractivity contribution in [3.8, 4) is 0 Å². The van der Waals surface area contributed by atoms with Crippen molar-refractivity contribution in [3.63, 3.8) is 0 Å². The Hall–Kier alpha value is -3.98. The van der Waals surface area contributed by atoms with Gasteiger partial charge in [-0.1, -0.05) is 78.9 Å². The number of nitrogens with one attached hydrogen (secondary N) is 2. The van der Waals surface area contributed by atoms with Crippen LogP contribution in [0.5, 0.6) is 0 Å². The average molecular weight is 508 g/mol. The predicted octanol–water partition coefficient (Wildman–Crippen LogP) is 2.69. The van der Waals surface area contributed by atoms with E-state index >= 15 is 0 Å². The van der Waals surface area contributed by atoms with Crippen LogP contribution in [-0.4, -0.2) is 40.0 Å². The van der Waals surface area contributed by atoms with Crippen LogP contribution in [0.15, 0.2) is 95.9 Å². The zero-order valence-corrected chi connectivity index (χ0v) is 20.5. The number of hydrogen-bond acceptors (Lipinski definition) is 5. The van der Waals surface area contributed by atoms with Gasteiger partial charge in [-0.15, -0.1) is 0 Å². The molecule has 3 aromatic rings. The smallest absolute Gasteiger partial charge is 0.408 e. The highest BCUT2D eigenvalue weighted by Gasteiger charge is 2.27. The van der Waals surface area contributed by atoms with E-state index in [1.165, 1.54) is 0 Å². The molecule has 0 radical (unpaired) electrons. The fourth-order valence-electron chi connectivity index (χ4n) is 3.44. The SMILES string of the molecule is NC(=O)[C@@H](CC[S@](=O)c1ccccc1)NC(=O)[C@H](Cc1ccccc1)NC(=O)OCc1ccccc1. The molecule has 0 bridgehead atoms. The molecule has 0 aliphatic rings. The predicted molar refractivity (Wildman–Crippen MR) is 137 cm³/mol. The van der Waals surface area contributed by atoms with E-state index in [-0.39, 0.29) is 25.2 Å². The van der Waals surface area contributed by atoms with Gasteiger partial charge in [0.2, 0.25) is 11.8 Å². The van der Waals surface area contributed by atoms with Gasteiger partial charge in [0, 0.05) is 17.1 Å². The van der Waals surface area contributed by atoms with E-state index in [0.717, 1.165) is 11.1 Å². The normalized spacial score (nSPS) is 13.1. The highest BCUT2D eigenvalue weighted by Crippen LogP contribution is 2.09. The van der Waals surface area contributed by atoms with Gasteiger partial charge in [0.25, 0.3) is 0 Å². The first-order chi connectivity index (χ1) is 17.4. The molecule has 0 unspecified atom stereocenters. The molecule has 188 valence electrons. The number of hydrogen-bond donors (Lipinski definition) is 3. The summed E-state index contributed by atoms with van der Waals surface area (Å²) in [5.74, 6) is -1.21. The van der Waals surface area contributed by atoms with Crippen molar-refractivity contribution >= 4 is 28.7 Å². The summed E-state index contributed by atoms with van der Waals surface area (Å²) in [7, 11) is -1.36. The number of carbonyl (C=O) groups excluding carboxylic acids is 3. The van der Waals surface area contributed by atoms with E-state index < -0.39 is 40.8 Å². The fourth-order valence-corrected chi connectivity index (χ4v) is 4.59. The maximum atomic E-state index is 13.1. The monoisotopic (exact) mass is 507 g/mol. The Morgan fingerprint density at radius 2 is 1.33 bits per heavy atom. The van der Waals surface area contributed by atoms with E-state index in [4.69, 9.17) is 10.5 Å². The molecule has 0 fully saturated rings. The second-order valence-electron chi connectivity index (χ2n) is 8.06. The highest BCUT2D eigenvalue weighted by molar-refractivity contribution is 7.85. The van der Waals surface area contributed by atoms with Crippen molar-refractivity contribution in [1.82, 2.24) is 10.6 Å². The van der Waals surface area contributed by atoms with Gasteiger partial charge in [0.05, 0.1) is 10.8 Å². The van der Waals surface area contributed by atoms with Crippen molar-refractivity contribution in [2.24, 2.45) is 5.73 Å². The van der Waals surface area contributed by atoms with Gasteiger partial charge >= 0.3 is 6.09 Å². The first-order valence-electron chi connectivity index (χ1n) is 11.5. The quantitative estimate of drug-likeness (QED) is 0.347. The van der Waals surface area contributed by atoms with Crippen LogP contribution in [0, 0.1) is 0 Å². The van der Waals surface area contributed by atoms with E-state index in [9.17, 15) is 18.6 Å². The van der Waals surface area contributed by atoms with Crippen LogP contribution in [0.3, 0.4) is 0 Å². The van der Waals surface area contributed by atoms with Crippen molar-refractivity contribution in [1.29, 1.82) is 0 Å². The summed E-state index contributed by atoms with van der Waals surface area (Å²) < 4.78 is 17.8. The van der Waals surface area contributed by atoms with Crippen molar-refractivity contribution in [2.75, 3.05) is 5.75 Å². The number of ether oxygens (including phenoxy) is 1. The van der Waals surface area contributed by atoms with Gasteiger partial charge in [0.15, 0.2) is 0 Å². The molecule has 3 amide bonds. The first-order valence-corrected chi connectivity index (χ1v) is 12.8. The molecule has 3 aromatic carbocycles. The number of benzene rings is 3. The molecule has 3 rings (SSSR count). The minimum absolute atomic E-state index is 0.0432. The van der Waals surface area contributed by atoms with Crippen molar-refractivity contribution in [3.05, 3.63) is 102 Å². The van der Waals surface area contributed by atoms with Crippen LogP contribution in [0.25, 0.3) is 0 Å². The molecule has 0 saturated carbocycles. The molecule has 3 atom stereocenters. The van der Waals surface area contributed by atoms with E-state index in [1.54, 1.807) is 24.3 Å². The molecular weight excluding hydrogens is 478 g/mol. The number of amides is 3. The molecule has 4 N–H and O–H groups in total. The van der Waals surface area contributed by atoms with Gasteiger partial charge in [-0.05, 0) is 29.7 Å². The Balaban J connectivity index is 1.64. The molecule has 0 spiro atoms. The molecule has 0 aliphatic carbocycles. The Labute approximate surface area is 212 Å². The molecule has 8 nitrogen and oxygen atoms in total. The Bertz CT molecular complexity index is 1160. The van der Waals surface area contributed by atoms with Crippen LogP contribution in [0.1, 0.15) is 17.5 Å². The summed E-state index contributed by atoms with van der Waals surface area (Å²) in [6.07, 6.45) is -0.510. The number of alkyl carbamates (subject to hydrolysis) is 1. The highest BCUT2D eigenvalue weighted by atomic mass is 32.2.